The molecule has 1 saturated carbocycles. The number of carbonyl (C=O) groups is 1. The third-order valence-electron chi connectivity index (χ3n) is 4.78. The fourth-order valence-electron chi connectivity index (χ4n) is 3.34. The molecule has 3 rings (SSSR count). The van der Waals surface area contributed by atoms with Crippen molar-refractivity contribution in [2.45, 2.75) is 45.4 Å². The Kier molecular flexibility index (Phi) is 3.51. The molecule has 2 heterocycles. The minimum atomic E-state index is -0.678. The van der Waals surface area contributed by atoms with Gasteiger partial charge >= 0.3 is 0 Å². The van der Waals surface area contributed by atoms with Crippen molar-refractivity contribution in [2.75, 3.05) is 0 Å². The van der Waals surface area contributed by atoms with Crippen LogP contribution in [-0.2, 0) is 0 Å². The summed E-state index contributed by atoms with van der Waals surface area (Å²) in [5.74, 6) is -0.307. The number of H-pyrrole nitrogens is 1. The van der Waals surface area contributed by atoms with Crippen molar-refractivity contribution in [3.05, 3.63) is 39.9 Å². The van der Waals surface area contributed by atoms with E-state index in [0.29, 0.717) is 16.8 Å². The summed E-state index contributed by atoms with van der Waals surface area (Å²) in [7, 11) is 0. The van der Waals surface area contributed by atoms with E-state index in [1.54, 1.807) is 12.1 Å². The van der Waals surface area contributed by atoms with Gasteiger partial charge in [0, 0.05) is 18.0 Å². The van der Waals surface area contributed by atoms with Gasteiger partial charge in [0.15, 0.2) is 5.43 Å². The first-order chi connectivity index (χ1) is 10.4. The van der Waals surface area contributed by atoms with E-state index in [-0.39, 0.29) is 16.5 Å². The minimum absolute atomic E-state index is 0.0371. The number of aromatic amines is 1. The Hall–Kier alpha value is -2.17. The number of nitrogens with zero attached hydrogens (tertiary/aromatic N) is 1. The zero-order valence-corrected chi connectivity index (χ0v) is 13.0. The summed E-state index contributed by atoms with van der Waals surface area (Å²) in [6, 6.07) is 3.33. The van der Waals surface area contributed by atoms with Crippen molar-refractivity contribution in [1.82, 2.24) is 9.97 Å². The lowest BCUT2D eigenvalue weighted by Gasteiger charge is -2.34. The largest absolute Gasteiger partial charge is 0.364 e. The lowest BCUT2D eigenvalue weighted by Crippen LogP contribution is -2.22. The predicted octanol–water partition coefficient (Wildman–Crippen LogP) is 2.71. The van der Waals surface area contributed by atoms with Crippen LogP contribution in [0.5, 0.6) is 0 Å². The number of hydrogen-bond acceptors (Lipinski definition) is 3. The van der Waals surface area contributed by atoms with Crippen LogP contribution in [0.15, 0.2) is 23.1 Å². The summed E-state index contributed by atoms with van der Waals surface area (Å²) >= 11 is 0. The van der Waals surface area contributed by atoms with E-state index in [4.69, 9.17) is 5.73 Å². The van der Waals surface area contributed by atoms with E-state index in [9.17, 15) is 9.59 Å². The van der Waals surface area contributed by atoms with Crippen LogP contribution in [0, 0.1) is 5.41 Å². The maximum Gasteiger partial charge on any atom is 0.268 e. The Labute approximate surface area is 128 Å². The van der Waals surface area contributed by atoms with Crippen LogP contribution in [0.25, 0.3) is 10.9 Å². The second-order valence-corrected chi connectivity index (χ2v) is 6.97. The molecule has 2 aromatic heterocycles. The van der Waals surface area contributed by atoms with E-state index < -0.39 is 5.91 Å². The number of aromatic nitrogens is 2. The molecule has 0 aromatic carbocycles. The number of nitrogens with two attached hydrogens (primary N) is 1. The molecule has 0 unspecified atom stereocenters. The van der Waals surface area contributed by atoms with Crippen molar-refractivity contribution in [3.63, 3.8) is 0 Å². The maximum absolute atomic E-state index is 12.4. The SMILES string of the molecule is CC1(C)CCC(c2cc(=O)c3c(C(N)=O)nccc3[nH]2)CC1. The predicted molar refractivity (Wildman–Crippen MR) is 85.9 cm³/mol. The quantitative estimate of drug-likeness (QED) is 0.893. The van der Waals surface area contributed by atoms with E-state index in [2.05, 4.69) is 23.8 Å². The van der Waals surface area contributed by atoms with Crippen LogP contribution in [-0.4, -0.2) is 15.9 Å². The Morgan fingerprint density at radius 3 is 2.68 bits per heavy atom. The number of hydrogen-bond donors (Lipinski definition) is 2. The lowest BCUT2D eigenvalue weighted by atomic mass is 9.72. The fraction of sp³-hybridized carbons (Fsp3) is 0.471. The van der Waals surface area contributed by atoms with Crippen LogP contribution < -0.4 is 11.2 Å². The molecule has 2 aromatic rings. The molecule has 0 spiro atoms. The number of nitrogens with one attached hydrogen (secondary N) is 1. The van der Waals surface area contributed by atoms with Crippen LogP contribution in [0.1, 0.15) is 61.6 Å². The maximum atomic E-state index is 12.4. The summed E-state index contributed by atoms with van der Waals surface area (Å²) in [5.41, 5.74) is 7.13. The van der Waals surface area contributed by atoms with E-state index in [1.807, 2.05) is 0 Å². The molecule has 5 nitrogen and oxygen atoms in total. The van der Waals surface area contributed by atoms with Crippen molar-refractivity contribution in [1.29, 1.82) is 0 Å². The molecule has 1 aliphatic carbocycles. The smallest absolute Gasteiger partial charge is 0.268 e. The van der Waals surface area contributed by atoms with Gasteiger partial charge in [-0.1, -0.05) is 13.8 Å². The van der Waals surface area contributed by atoms with Gasteiger partial charge in [-0.15, -0.1) is 0 Å². The molecule has 0 saturated heterocycles. The van der Waals surface area contributed by atoms with Gasteiger partial charge < -0.3 is 10.7 Å². The molecule has 0 aliphatic heterocycles. The Bertz CT molecular complexity index is 782. The molecule has 5 heteroatoms. The van der Waals surface area contributed by atoms with Crippen molar-refractivity contribution in [2.24, 2.45) is 11.1 Å². The van der Waals surface area contributed by atoms with Crippen molar-refractivity contribution < 1.29 is 4.79 Å². The molecule has 0 radical (unpaired) electrons. The summed E-state index contributed by atoms with van der Waals surface area (Å²) in [5, 5.41) is 0.287. The van der Waals surface area contributed by atoms with Crippen molar-refractivity contribution in [3.8, 4) is 0 Å². The van der Waals surface area contributed by atoms with Gasteiger partial charge in [0.2, 0.25) is 0 Å². The fourth-order valence-corrected chi connectivity index (χ4v) is 3.34. The van der Waals surface area contributed by atoms with E-state index >= 15 is 0 Å². The number of carbonyl (C=O) groups excluding carboxylic acids is 1. The summed E-state index contributed by atoms with van der Waals surface area (Å²) in [6.07, 6.45) is 5.96. The summed E-state index contributed by atoms with van der Waals surface area (Å²) in [4.78, 5) is 31.1. The van der Waals surface area contributed by atoms with Gasteiger partial charge in [-0.3, -0.25) is 14.6 Å². The highest BCUT2D eigenvalue weighted by Gasteiger charge is 2.28. The molecule has 116 valence electrons. The molecule has 3 N–H and O–H groups in total. The second-order valence-electron chi connectivity index (χ2n) is 6.97. The lowest BCUT2D eigenvalue weighted by molar-refractivity contribution is 0.0997. The third kappa shape index (κ3) is 2.63. The van der Waals surface area contributed by atoms with Crippen LogP contribution in [0.3, 0.4) is 0 Å². The normalized spacial score (nSPS) is 18.5. The molecule has 1 aliphatic rings. The Morgan fingerprint density at radius 2 is 2.05 bits per heavy atom. The minimum Gasteiger partial charge on any atom is -0.364 e. The van der Waals surface area contributed by atoms with E-state index in [1.165, 1.54) is 6.20 Å². The van der Waals surface area contributed by atoms with Crippen LogP contribution in [0.2, 0.25) is 0 Å². The van der Waals surface area contributed by atoms with Gasteiger partial charge in [0.1, 0.15) is 5.69 Å². The Morgan fingerprint density at radius 1 is 1.36 bits per heavy atom. The Balaban J connectivity index is 2.04. The van der Waals surface area contributed by atoms with Gasteiger partial charge in [-0.2, -0.15) is 0 Å². The zero-order valence-electron chi connectivity index (χ0n) is 13.0. The first kappa shape index (κ1) is 14.8. The summed E-state index contributed by atoms with van der Waals surface area (Å²) < 4.78 is 0. The van der Waals surface area contributed by atoms with E-state index in [0.717, 1.165) is 31.4 Å². The average molecular weight is 299 g/mol. The standard InChI is InChI=1S/C17H21N3O2/c1-17(2)6-3-10(4-7-17)12-9-13(21)14-11(20-12)5-8-19-15(14)16(18)22/h5,8-10H,3-4,6-7H2,1-2H3,(H2,18,22)(H,20,21). The highest BCUT2D eigenvalue weighted by molar-refractivity contribution is 6.03. The number of amides is 1. The molecule has 22 heavy (non-hydrogen) atoms. The molecule has 1 amide bonds. The highest BCUT2D eigenvalue weighted by Crippen LogP contribution is 2.41. The number of rotatable bonds is 2. The monoisotopic (exact) mass is 299 g/mol. The third-order valence-corrected chi connectivity index (χ3v) is 4.78. The number of pyridine rings is 2. The highest BCUT2D eigenvalue weighted by atomic mass is 16.1. The number of primary amides is 1. The summed E-state index contributed by atoms with van der Waals surface area (Å²) in [6.45, 7) is 4.58. The molecule has 0 bridgehead atoms. The molecular formula is C17H21N3O2. The second kappa shape index (κ2) is 5.23. The molecular weight excluding hydrogens is 278 g/mol. The van der Waals surface area contributed by atoms with Crippen molar-refractivity contribution >= 4 is 16.8 Å². The first-order valence-corrected chi connectivity index (χ1v) is 7.69. The molecule has 1 fully saturated rings. The van der Waals surface area contributed by atoms with Crippen LogP contribution >= 0.6 is 0 Å². The molecule has 0 atom stereocenters. The topological polar surface area (TPSA) is 88.8 Å². The zero-order chi connectivity index (χ0) is 15.9. The van der Waals surface area contributed by atoms with Gasteiger partial charge in [0.25, 0.3) is 5.91 Å². The van der Waals surface area contributed by atoms with Gasteiger partial charge in [-0.05, 0) is 43.1 Å². The first-order valence-electron chi connectivity index (χ1n) is 7.69. The average Bonchev–Trinajstić information content (AvgIpc) is 2.46. The number of fused-ring (bicyclic) bond motifs is 1. The van der Waals surface area contributed by atoms with Gasteiger partial charge in [0.05, 0.1) is 10.9 Å². The van der Waals surface area contributed by atoms with Gasteiger partial charge in [-0.25, -0.2) is 0 Å². The van der Waals surface area contributed by atoms with Crippen LogP contribution in [0.4, 0.5) is 0 Å².